The fraction of sp³-hybridized carbons (Fsp3) is 0.118. The monoisotopic (exact) mass is 342 g/mol. The summed E-state index contributed by atoms with van der Waals surface area (Å²) in [5, 5.41) is 9.55. The van der Waals surface area contributed by atoms with E-state index in [1.54, 1.807) is 12.1 Å². The van der Waals surface area contributed by atoms with Crippen LogP contribution >= 0.6 is 11.8 Å². The zero-order valence-corrected chi connectivity index (χ0v) is 13.5. The lowest BCUT2D eigenvalue weighted by Gasteiger charge is -2.15. The van der Waals surface area contributed by atoms with Crippen LogP contribution in [-0.4, -0.2) is 21.1 Å². The molecular formula is C17H15FN4OS. The third-order valence-corrected chi connectivity index (χ3v) is 4.48. The molecule has 0 aliphatic carbocycles. The highest BCUT2D eigenvalue weighted by Crippen LogP contribution is 2.33. The molecule has 24 heavy (non-hydrogen) atoms. The minimum atomic E-state index is -0.459. The van der Waals surface area contributed by atoms with Crippen molar-refractivity contribution in [1.29, 1.82) is 0 Å². The molecule has 0 aliphatic heterocycles. The molecule has 0 bridgehead atoms. The summed E-state index contributed by atoms with van der Waals surface area (Å²) in [6.45, 7) is 0.333. The van der Waals surface area contributed by atoms with Crippen LogP contribution in [0.4, 0.5) is 4.39 Å². The molecule has 0 unspecified atom stereocenters. The third-order valence-electron chi connectivity index (χ3n) is 3.34. The number of aromatic amines is 1. The molecule has 0 aliphatic rings. The Morgan fingerprint density at radius 2 is 1.92 bits per heavy atom. The number of halogens is 1. The van der Waals surface area contributed by atoms with Crippen molar-refractivity contribution in [3.63, 3.8) is 0 Å². The molecule has 7 heteroatoms. The number of thioether (sulfide) groups is 1. The summed E-state index contributed by atoms with van der Waals surface area (Å²) < 4.78 is 12.9. The molecule has 3 aromatic rings. The van der Waals surface area contributed by atoms with Crippen LogP contribution in [0.15, 0.2) is 66.1 Å². The number of benzene rings is 2. The summed E-state index contributed by atoms with van der Waals surface area (Å²) in [7, 11) is 0. The van der Waals surface area contributed by atoms with Crippen LogP contribution < -0.4 is 5.32 Å². The van der Waals surface area contributed by atoms with Crippen LogP contribution in [-0.2, 0) is 11.3 Å². The Hall–Kier alpha value is -2.67. The van der Waals surface area contributed by atoms with Gasteiger partial charge in [-0.2, -0.15) is 5.10 Å². The van der Waals surface area contributed by atoms with Crippen LogP contribution in [0, 0.1) is 5.82 Å². The van der Waals surface area contributed by atoms with E-state index in [1.165, 1.54) is 30.2 Å². The number of hydrogen-bond acceptors (Lipinski definition) is 4. The van der Waals surface area contributed by atoms with E-state index < -0.39 is 5.25 Å². The SMILES string of the molecule is O=C(NCc1ccc(F)cc1)[C@@H](Sc1ncn[nH]1)c1ccccc1. The van der Waals surface area contributed by atoms with Crippen molar-refractivity contribution in [1.82, 2.24) is 20.5 Å². The fourth-order valence-corrected chi connectivity index (χ4v) is 3.07. The highest BCUT2D eigenvalue weighted by molar-refractivity contribution is 8.00. The topological polar surface area (TPSA) is 70.7 Å². The number of rotatable bonds is 6. The summed E-state index contributed by atoms with van der Waals surface area (Å²) in [6.07, 6.45) is 1.40. The van der Waals surface area contributed by atoms with Gasteiger partial charge >= 0.3 is 0 Å². The Bertz CT molecular complexity index is 778. The van der Waals surface area contributed by atoms with Crippen LogP contribution in [0.5, 0.6) is 0 Å². The largest absolute Gasteiger partial charge is 0.351 e. The second-order valence-corrected chi connectivity index (χ2v) is 6.14. The van der Waals surface area contributed by atoms with Crippen LogP contribution in [0.3, 0.4) is 0 Å². The van der Waals surface area contributed by atoms with Crippen molar-refractivity contribution in [3.05, 3.63) is 77.9 Å². The van der Waals surface area contributed by atoms with Crippen molar-refractivity contribution in [2.45, 2.75) is 17.0 Å². The van der Waals surface area contributed by atoms with E-state index in [4.69, 9.17) is 0 Å². The van der Waals surface area contributed by atoms with Gasteiger partial charge in [0.15, 0.2) is 5.16 Å². The predicted octanol–water partition coefficient (Wildman–Crippen LogP) is 3.09. The zero-order chi connectivity index (χ0) is 16.8. The number of amides is 1. The molecule has 3 rings (SSSR count). The Morgan fingerprint density at radius 1 is 1.17 bits per heavy atom. The quantitative estimate of drug-likeness (QED) is 0.675. The van der Waals surface area contributed by atoms with Crippen molar-refractivity contribution < 1.29 is 9.18 Å². The van der Waals surface area contributed by atoms with E-state index in [-0.39, 0.29) is 11.7 Å². The summed E-state index contributed by atoms with van der Waals surface area (Å²) >= 11 is 1.29. The van der Waals surface area contributed by atoms with Crippen LogP contribution in [0.2, 0.25) is 0 Å². The number of nitrogens with one attached hydrogen (secondary N) is 2. The molecule has 1 aromatic heterocycles. The van der Waals surface area contributed by atoms with Gasteiger partial charge in [-0.3, -0.25) is 9.89 Å². The van der Waals surface area contributed by atoms with Gasteiger partial charge in [-0.1, -0.05) is 54.2 Å². The van der Waals surface area contributed by atoms with Crippen LogP contribution in [0.1, 0.15) is 16.4 Å². The predicted molar refractivity (Wildman–Crippen MR) is 89.7 cm³/mol. The highest BCUT2D eigenvalue weighted by atomic mass is 32.2. The maximum atomic E-state index is 12.9. The Balaban J connectivity index is 1.72. The van der Waals surface area contributed by atoms with Gasteiger partial charge in [-0.05, 0) is 23.3 Å². The fourth-order valence-electron chi connectivity index (χ4n) is 2.15. The van der Waals surface area contributed by atoms with Gasteiger partial charge in [0, 0.05) is 6.54 Å². The average Bonchev–Trinajstić information content (AvgIpc) is 3.13. The first-order valence-electron chi connectivity index (χ1n) is 7.31. The first kappa shape index (κ1) is 16.2. The van der Waals surface area contributed by atoms with Gasteiger partial charge in [-0.25, -0.2) is 9.37 Å². The molecule has 122 valence electrons. The lowest BCUT2D eigenvalue weighted by molar-refractivity contribution is -0.120. The summed E-state index contributed by atoms with van der Waals surface area (Å²) in [4.78, 5) is 16.7. The van der Waals surface area contributed by atoms with Crippen molar-refractivity contribution >= 4 is 17.7 Å². The number of H-pyrrole nitrogens is 1. The number of aromatic nitrogens is 3. The zero-order valence-electron chi connectivity index (χ0n) is 12.6. The Kier molecular flexibility index (Phi) is 5.22. The maximum absolute atomic E-state index is 12.9. The van der Waals surface area contributed by atoms with Crippen molar-refractivity contribution in [2.24, 2.45) is 0 Å². The number of carbonyl (C=O) groups excluding carboxylic acids is 1. The van der Waals surface area contributed by atoms with Crippen LogP contribution in [0.25, 0.3) is 0 Å². The third kappa shape index (κ3) is 4.20. The molecule has 1 atom stereocenters. The normalized spacial score (nSPS) is 11.9. The summed E-state index contributed by atoms with van der Waals surface area (Å²) in [5.74, 6) is -0.444. The van der Waals surface area contributed by atoms with E-state index in [0.29, 0.717) is 11.7 Å². The van der Waals surface area contributed by atoms with Gasteiger partial charge in [0.1, 0.15) is 17.4 Å². The lowest BCUT2D eigenvalue weighted by atomic mass is 10.1. The van der Waals surface area contributed by atoms with E-state index in [0.717, 1.165) is 11.1 Å². The second-order valence-electron chi connectivity index (χ2n) is 5.04. The average molecular weight is 342 g/mol. The highest BCUT2D eigenvalue weighted by Gasteiger charge is 2.23. The molecule has 0 fully saturated rings. The first-order valence-corrected chi connectivity index (χ1v) is 8.19. The van der Waals surface area contributed by atoms with Gasteiger partial charge in [0.2, 0.25) is 5.91 Å². The van der Waals surface area contributed by atoms with Crippen molar-refractivity contribution in [2.75, 3.05) is 0 Å². The van der Waals surface area contributed by atoms with Crippen molar-refractivity contribution in [3.8, 4) is 0 Å². The van der Waals surface area contributed by atoms with E-state index in [9.17, 15) is 9.18 Å². The van der Waals surface area contributed by atoms with Gasteiger partial charge in [0.25, 0.3) is 0 Å². The van der Waals surface area contributed by atoms with E-state index >= 15 is 0 Å². The molecule has 1 amide bonds. The summed E-state index contributed by atoms with van der Waals surface area (Å²) in [6, 6.07) is 15.5. The molecule has 0 saturated carbocycles. The molecule has 1 heterocycles. The van der Waals surface area contributed by atoms with Gasteiger partial charge in [0.05, 0.1) is 0 Å². The smallest absolute Gasteiger partial charge is 0.238 e. The molecule has 0 saturated heterocycles. The molecule has 0 radical (unpaired) electrons. The van der Waals surface area contributed by atoms with E-state index in [2.05, 4.69) is 20.5 Å². The van der Waals surface area contributed by atoms with E-state index in [1.807, 2.05) is 30.3 Å². The maximum Gasteiger partial charge on any atom is 0.238 e. The molecule has 5 nitrogen and oxygen atoms in total. The minimum Gasteiger partial charge on any atom is -0.351 e. The number of nitrogens with zero attached hydrogens (tertiary/aromatic N) is 2. The Labute approximate surface area is 142 Å². The first-order chi connectivity index (χ1) is 11.7. The standard InChI is InChI=1S/C17H15FN4OS/c18-14-8-6-12(7-9-14)10-19-16(23)15(13-4-2-1-3-5-13)24-17-20-11-21-22-17/h1-9,11,15H,10H2,(H,19,23)(H,20,21,22)/t15-/m0/s1. The molecule has 2 N–H and O–H groups in total. The van der Waals surface area contributed by atoms with Gasteiger partial charge < -0.3 is 5.32 Å². The Morgan fingerprint density at radius 3 is 2.58 bits per heavy atom. The minimum absolute atomic E-state index is 0.146. The molecule has 2 aromatic carbocycles. The second kappa shape index (κ2) is 7.74. The number of hydrogen-bond donors (Lipinski definition) is 2. The molecular weight excluding hydrogens is 327 g/mol. The number of carbonyl (C=O) groups is 1. The molecule has 0 spiro atoms. The van der Waals surface area contributed by atoms with Gasteiger partial charge in [-0.15, -0.1) is 0 Å². The summed E-state index contributed by atoms with van der Waals surface area (Å²) in [5.41, 5.74) is 1.71. The lowest BCUT2D eigenvalue weighted by Crippen LogP contribution is -2.27.